The van der Waals surface area contributed by atoms with Gasteiger partial charge in [0.1, 0.15) is 6.10 Å². The van der Waals surface area contributed by atoms with Gasteiger partial charge in [0.25, 0.3) is 0 Å². The van der Waals surface area contributed by atoms with Crippen LogP contribution in [0.25, 0.3) is 0 Å². The molecular formula is C12H24N2O2. The molecule has 1 aliphatic rings. The van der Waals surface area contributed by atoms with Gasteiger partial charge in [0.2, 0.25) is 5.91 Å². The van der Waals surface area contributed by atoms with E-state index < -0.39 is 0 Å². The normalized spacial score (nSPS) is 27.4. The highest BCUT2D eigenvalue weighted by Gasteiger charge is 2.24. The molecule has 94 valence electrons. The number of rotatable bonds is 5. The number of nitrogens with one attached hydrogen (secondary N) is 2. The fourth-order valence-electron chi connectivity index (χ4n) is 2.21. The number of methoxy groups -OCH3 is 1. The number of piperidine rings is 1. The molecule has 0 aliphatic carbocycles. The van der Waals surface area contributed by atoms with Crippen LogP contribution >= 0.6 is 0 Å². The number of carbonyl (C=O) groups is 1. The molecule has 2 N–H and O–H groups in total. The summed E-state index contributed by atoms with van der Waals surface area (Å²) in [6.07, 6.45) is 3.33. The van der Waals surface area contributed by atoms with Crippen LogP contribution in [0.1, 0.15) is 33.1 Å². The Kier molecular flexibility index (Phi) is 5.77. The number of amides is 1. The maximum absolute atomic E-state index is 11.5. The molecule has 3 atom stereocenters. The minimum Gasteiger partial charge on any atom is -0.372 e. The van der Waals surface area contributed by atoms with E-state index in [4.69, 9.17) is 4.74 Å². The fourth-order valence-corrected chi connectivity index (χ4v) is 2.21. The molecule has 1 saturated heterocycles. The molecular weight excluding hydrogens is 204 g/mol. The summed E-state index contributed by atoms with van der Waals surface area (Å²) in [5.74, 6) is 0.664. The van der Waals surface area contributed by atoms with Crippen molar-refractivity contribution >= 4 is 5.91 Å². The summed E-state index contributed by atoms with van der Waals surface area (Å²) < 4.78 is 4.97. The lowest BCUT2D eigenvalue weighted by atomic mass is 9.88. The summed E-state index contributed by atoms with van der Waals surface area (Å²) >= 11 is 0. The van der Waals surface area contributed by atoms with E-state index in [1.165, 1.54) is 19.3 Å². The first-order valence-electron chi connectivity index (χ1n) is 6.23. The fraction of sp³-hybridized carbons (Fsp3) is 0.917. The van der Waals surface area contributed by atoms with Gasteiger partial charge < -0.3 is 15.4 Å². The summed E-state index contributed by atoms with van der Waals surface area (Å²) in [5.41, 5.74) is 0. The van der Waals surface area contributed by atoms with E-state index in [1.54, 1.807) is 14.0 Å². The first-order valence-corrected chi connectivity index (χ1v) is 6.23. The maximum atomic E-state index is 11.5. The Bertz CT molecular complexity index is 221. The average molecular weight is 228 g/mol. The highest BCUT2D eigenvalue weighted by molar-refractivity contribution is 5.80. The lowest BCUT2D eigenvalue weighted by Gasteiger charge is -2.32. The molecule has 3 unspecified atom stereocenters. The standard InChI is InChI=1S/C12H24N2O2/c1-4-10-6-5-7-13-11(10)8-14-12(15)9(2)16-3/h9-11,13H,4-8H2,1-3H3,(H,14,15). The third kappa shape index (κ3) is 3.76. The molecule has 0 spiro atoms. The van der Waals surface area contributed by atoms with Crippen molar-refractivity contribution in [3.8, 4) is 0 Å². The summed E-state index contributed by atoms with van der Waals surface area (Å²) in [7, 11) is 1.55. The van der Waals surface area contributed by atoms with Crippen molar-refractivity contribution < 1.29 is 9.53 Å². The SMILES string of the molecule is CCC1CCCNC1CNC(=O)C(C)OC. The number of hydrogen-bond donors (Lipinski definition) is 2. The highest BCUT2D eigenvalue weighted by Crippen LogP contribution is 2.19. The Hall–Kier alpha value is -0.610. The molecule has 1 heterocycles. The van der Waals surface area contributed by atoms with Crippen LogP contribution in [0.15, 0.2) is 0 Å². The molecule has 0 radical (unpaired) electrons. The van der Waals surface area contributed by atoms with Crippen LogP contribution in [0, 0.1) is 5.92 Å². The first kappa shape index (κ1) is 13.5. The third-order valence-corrected chi connectivity index (χ3v) is 3.47. The van der Waals surface area contributed by atoms with Crippen LogP contribution in [-0.2, 0) is 9.53 Å². The van der Waals surface area contributed by atoms with E-state index >= 15 is 0 Å². The topological polar surface area (TPSA) is 50.4 Å². The third-order valence-electron chi connectivity index (χ3n) is 3.47. The van der Waals surface area contributed by atoms with Gasteiger partial charge in [0, 0.05) is 19.7 Å². The monoisotopic (exact) mass is 228 g/mol. The quantitative estimate of drug-likeness (QED) is 0.735. The lowest BCUT2D eigenvalue weighted by molar-refractivity contribution is -0.130. The molecule has 0 aromatic rings. The smallest absolute Gasteiger partial charge is 0.248 e. The zero-order chi connectivity index (χ0) is 12.0. The van der Waals surface area contributed by atoms with Gasteiger partial charge in [-0.3, -0.25) is 4.79 Å². The number of carbonyl (C=O) groups excluding carboxylic acids is 1. The van der Waals surface area contributed by atoms with Crippen molar-refractivity contribution in [2.75, 3.05) is 20.2 Å². The molecule has 0 aromatic heterocycles. The lowest BCUT2D eigenvalue weighted by Crippen LogP contribution is -2.49. The van der Waals surface area contributed by atoms with Crippen LogP contribution in [0.2, 0.25) is 0 Å². The van der Waals surface area contributed by atoms with Gasteiger partial charge in [0.05, 0.1) is 0 Å². The molecule has 4 nitrogen and oxygen atoms in total. The average Bonchev–Trinajstić information content (AvgIpc) is 2.35. The Morgan fingerprint density at radius 1 is 1.62 bits per heavy atom. The molecule has 0 saturated carbocycles. The summed E-state index contributed by atoms with van der Waals surface area (Å²) in [6, 6.07) is 0.423. The minimum absolute atomic E-state index is 0.0234. The van der Waals surface area contributed by atoms with E-state index in [0.29, 0.717) is 18.5 Å². The van der Waals surface area contributed by atoms with Gasteiger partial charge in [-0.2, -0.15) is 0 Å². The summed E-state index contributed by atoms with van der Waals surface area (Å²) in [6.45, 7) is 5.76. The highest BCUT2D eigenvalue weighted by atomic mass is 16.5. The van der Waals surface area contributed by atoms with Crippen LogP contribution in [0.4, 0.5) is 0 Å². The Labute approximate surface area is 98.1 Å². The second-order valence-electron chi connectivity index (χ2n) is 4.49. The van der Waals surface area contributed by atoms with Gasteiger partial charge in [0.15, 0.2) is 0 Å². The van der Waals surface area contributed by atoms with Gasteiger partial charge in [-0.1, -0.05) is 13.3 Å². The predicted octanol–water partition coefficient (Wildman–Crippen LogP) is 0.916. The van der Waals surface area contributed by atoms with Crippen LogP contribution < -0.4 is 10.6 Å². The summed E-state index contributed by atoms with van der Waals surface area (Å²) in [5, 5.41) is 6.42. The van der Waals surface area contributed by atoms with Gasteiger partial charge in [-0.15, -0.1) is 0 Å². The van der Waals surface area contributed by atoms with E-state index in [-0.39, 0.29) is 12.0 Å². The Morgan fingerprint density at radius 3 is 3.00 bits per heavy atom. The van der Waals surface area contributed by atoms with E-state index in [0.717, 1.165) is 6.54 Å². The predicted molar refractivity (Wildman–Crippen MR) is 64.3 cm³/mol. The van der Waals surface area contributed by atoms with Crippen LogP contribution in [-0.4, -0.2) is 38.3 Å². The molecule has 0 aromatic carbocycles. The minimum atomic E-state index is -0.358. The van der Waals surface area contributed by atoms with Crippen molar-refractivity contribution in [1.29, 1.82) is 0 Å². The molecule has 1 rings (SSSR count). The Balaban J connectivity index is 2.32. The molecule has 16 heavy (non-hydrogen) atoms. The van der Waals surface area contributed by atoms with Gasteiger partial charge >= 0.3 is 0 Å². The molecule has 4 heteroatoms. The van der Waals surface area contributed by atoms with Gasteiger partial charge in [-0.25, -0.2) is 0 Å². The largest absolute Gasteiger partial charge is 0.372 e. The second kappa shape index (κ2) is 6.86. The molecule has 1 fully saturated rings. The maximum Gasteiger partial charge on any atom is 0.248 e. The number of hydrogen-bond acceptors (Lipinski definition) is 3. The van der Waals surface area contributed by atoms with Crippen molar-refractivity contribution in [1.82, 2.24) is 10.6 Å². The van der Waals surface area contributed by atoms with Crippen molar-refractivity contribution in [2.45, 2.75) is 45.3 Å². The van der Waals surface area contributed by atoms with Crippen LogP contribution in [0.3, 0.4) is 0 Å². The van der Waals surface area contributed by atoms with E-state index in [2.05, 4.69) is 17.6 Å². The van der Waals surface area contributed by atoms with Crippen molar-refractivity contribution in [3.05, 3.63) is 0 Å². The second-order valence-corrected chi connectivity index (χ2v) is 4.49. The zero-order valence-corrected chi connectivity index (χ0v) is 10.6. The Morgan fingerprint density at radius 2 is 2.38 bits per heavy atom. The van der Waals surface area contributed by atoms with Crippen molar-refractivity contribution in [3.63, 3.8) is 0 Å². The van der Waals surface area contributed by atoms with Gasteiger partial charge in [-0.05, 0) is 32.2 Å². The first-order chi connectivity index (χ1) is 7.69. The molecule has 0 bridgehead atoms. The van der Waals surface area contributed by atoms with Crippen molar-refractivity contribution in [2.24, 2.45) is 5.92 Å². The van der Waals surface area contributed by atoms with E-state index in [1.807, 2.05) is 0 Å². The summed E-state index contributed by atoms with van der Waals surface area (Å²) in [4.78, 5) is 11.5. The molecule has 1 amide bonds. The van der Waals surface area contributed by atoms with Crippen LogP contribution in [0.5, 0.6) is 0 Å². The zero-order valence-electron chi connectivity index (χ0n) is 10.6. The molecule has 1 aliphatic heterocycles. The van der Waals surface area contributed by atoms with E-state index in [9.17, 15) is 4.79 Å². The number of ether oxygens (including phenoxy) is 1.